The second kappa shape index (κ2) is 6.65. The number of carbonyl (C=O) groups is 2. The van der Waals surface area contributed by atoms with E-state index in [0.29, 0.717) is 17.8 Å². The Hall–Kier alpha value is -1.98. The molecule has 1 rings (SSSR count). The summed E-state index contributed by atoms with van der Waals surface area (Å²) in [6.07, 6.45) is 1.55. The van der Waals surface area contributed by atoms with Gasteiger partial charge in [0.2, 0.25) is 0 Å². The smallest absolute Gasteiger partial charge is 0.328 e. The first-order chi connectivity index (χ1) is 9.61. The molecule has 0 saturated heterocycles. The minimum Gasteiger partial charge on any atom is -0.459 e. The molecule has 1 atom stereocenters. The summed E-state index contributed by atoms with van der Waals surface area (Å²) in [5.74, 6) is -0.643. The molecule has 0 radical (unpaired) electrons. The molecular formula is C15H23N3O3. The maximum absolute atomic E-state index is 11.7. The van der Waals surface area contributed by atoms with Crippen LogP contribution in [0, 0.1) is 5.92 Å². The summed E-state index contributed by atoms with van der Waals surface area (Å²) in [4.78, 5) is 31.6. The van der Waals surface area contributed by atoms with Crippen molar-refractivity contribution in [3.8, 4) is 0 Å². The molecule has 1 aliphatic heterocycles. The normalized spacial score (nSPS) is 23.1. The zero-order chi connectivity index (χ0) is 16.2. The summed E-state index contributed by atoms with van der Waals surface area (Å²) in [5, 5.41) is 0. The van der Waals surface area contributed by atoms with Crippen molar-refractivity contribution in [2.75, 3.05) is 13.1 Å². The summed E-state index contributed by atoms with van der Waals surface area (Å²) >= 11 is 0. The van der Waals surface area contributed by atoms with E-state index in [-0.39, 0.29) is 23.9 Å². The van der Waals surface area contributed by atoms with Gasteiger partial charge in [-0.1, -0.05) is 6.92 Å². The van der Waals surface area contributed by atoms with Gasteiger partial charge in [-0.2, -0.15) is 0 Å². The Kier molecular flexibility index (Phi) is 5.41. The van der Waals surface area contributed by atoms with Crippen LogP contribution in [0.4, 0.5) is 0 Å². The number of carbonyl (C=O) groups excluding carboxylic acids is 2. The lowest BCUT2D eigenvalue weighted by Gasteiger charge is -2.21. The molecule has 0 aromatic rings. The Balaban J connectivity index is 2.98. The molecule has 0 saturated carbocycles. The van der Waals surface area contributed by atoms with Crippen molar-refractivity contribution in [2.24, 2.45) is 21.6 Å². The molecule has 1 heterocycles. The largest absolute Gasteiger partial charge is 0.459 e. The molecule has 21 heavy (non-hydrogen) atoms. The van der Waals surface area contributed by atoms with Gasteiger partial charge >= 0.3 is 5.97 Å². The van der Waals surface area contributed by atoms with E-state index in [2.05, 4.69) is 9.98 Å². The first-order valence-electron chi connectivity index (χ1n) is 6.89. The molecule has 6 heteroatoms. The number of ether oxygens (including phenoxy) is 1. The van der Waals surface area contributed by atoms with Crippen molar-refractivity contribution >= 4 is 23.7 Å². The molecule has 6 nitrogen and oxygen atoms in total. The van der Waals surface area contributed by atoms with Crippen molar-refractivity contribution in [3.63, 3.8) is 0 Å². The van der Waals surface area contributed by atoms with Gasteiger partial charge in [0.15, 0.2) is 5.78 Å². The van der Waals surface area contributed by atoms with Crippen LogP contribution in [0.5, 0.6) is 0 Å². The number of hydrogen-bond donors (Lipinski definition) is 1. The minimum atomic E-state index is -0.553. The predicted molar refractivity (Wildman–Crippen MR) is 82.6 cm³/mol. The number of Topliss-reactive ketones (excluding diaryl/α,β-unsaturated/α-hetero) is 1. The first kappa shape index (κ1) is 17.1. The van der Waals surface area contributed by atoms with Crippen LogP contribution in [0.2, 0.25) is 0 Å². The van der Waals surface area contributed by atoms with E-state index in [1.807, 2.05) is 6.92 Å². The van der Waals surface area contributed by atoms with Crippen LogP contribution >= 0.6 is 0 Å². The number of aliphatic imine (C=N–C) groups is 2. The zero-order valence-electron chi connectivity index (χ0n) is 13.3. The SMILES string of the molecule is CC(=O)/C(N)=C1/C(=NCC(=O)OC(C)(C)C)C=NCC1C. The number of allylic oxidation sites excluding steroid dienone is 1. The fourth-order valence-corrected chi connectivity index (χ4v) is 1.95. The molecule has 0 spiro atoms. The first-order valence-corrected chi connectivity index (χ1v) is 6.89. The molecule has 0 bridgehead atoms. The van der Waals surface area contributed by atoms with Crippen LogP contribution in [0.1, 0.15) is 34.6 Å². The van der Waals surface area contributed by atoms with E-state index in [0.717, 1.165) is 0 Å². The van der Waals surface area contributed by atoms with Crippen molar-refractivity contribution in [2.45, 2.75) is 40.2 Å². The molecule has 0 fully saturated rings. The lowest BCUT2D eigenvalue weighted by Crippen LogP contribution is -2.29. The average Bonchev–Trinajstić information content (AvgIpc) is 2.33. The van der Waals surface area contributed by atoms with Gasteiger partial charge in [0.25, 0.3) is 0 Å². The highest BCUT2D eigenvalue weighted by atomic mass is 16.6. The molecule has 1 unspecified atom stereocenters. The van der Waals surface area contributed by atoms with Crippen LogP contribution in [0.3, 0.4) is 0 Å². The monoisotopic (exact) mass is 293 g/mol. The molecule has 0 aromatic carbocycles. The molecule has 2 N–H and O–H groups in total. The number of esters is 1. The number of nitrogens with zero attached hydrogens (tertiary/aromatic N) is 2. The fourth-order valence-electron chi connectivity index (χ4n) is 1.95. The summed E-state index contributed by atoms with van der Waals surface area (Å²) in [6, 6.07) is 0. The van der Waals surface area contributed by atoms with Crippen molar-refractivity contribution < 1.29 is 14.3 Å². The highest BCUT2D eigenvalue weighted by Crippen LogP contribution is 2.19. The van der Waals surface area contributed by atoms with E-state index in [4.69, 9.17) is 10.5 Å². The summed E-state index contributed by atoms with van der Waals surface area (Å²) in [5.41, 5.74) is 6.61. The van der Waals surface area contributed by atoms with E-state index in [1.165, 1.54) is 6.92 Å². The van der Waals surface area contributed by atoms with Crippen molar-refractivity contribution in [1.29, 1.82) is 0 Å². The fraction of sp³-hybridized carbons (Fsp3) is 0.600. The lowest BCUT2D eigenvalue weighted by atomic mass is 9.91. The zero-order valence-corrected chi connectivity index (χ0v) is 13.3. The van der Waals surface area contributed by atoms with Gasteiger partial charge in [-0.05, 0) is 20.8 Å². The molecular weight excluding hydrogens is 270 g/mol. The Bertz CT molecular complexity index is 525. The van der Waals surface area contributed by atoms with Crippen LogP contribution < -0.4 is 5.73 Å². The second-order valence-electron chi connectivity index (χ2n) is 6.07. The van der Waals surface area contributed by atoms with E-state index >= 15 is 0 Å². The molecule has 0 amide bonds. The topological polar surface area (TPSA) is 94.1 Å². The van der Waals surface area contributed by atoms with Gasteiger partial charge in [-0.25, -0.2) is 0 Å². The van der Waals surface area contributed by atoms with E-state index in [1.54, 1.807) is 27.0 Å². The molecule has 1 aliphatic rings. The third-order valence-corrected chi connectivity index (χ3v) is 2.83. The molecule has 116 valence electrons. The van der Waals surface area contributed by atoms with Crippen LogP contribution in [-0.4, -0.2) is 42.4 Å². The summed E-state index contributed by atoms with van der Waals surface area (Å²) in [6.45, 7) is 9.13. The quantitative estimate of drug-likeness (QED) is 0.626. The van der Waals surface area contributed by atoms with Crippen LogP contribution in [0.25, 0.3) is 0 Å². The van der Waals surface area contributed by atoms with Crippen molar-refractivity contribution in [1.82, 2.24) is 0 Å². The third kappa shape index (κ3) is 5.13. The van der Waals surface area contributed by atoms with Crippen molar-refractivity contribution in [3.05, 3.63) is 11.3 Å². The predicted octanol–water partition coefficient (Wildman–Crippen LogP) is 1.29. The van der Waals surface area contributed by atoms with Gasteiger partial charge in [0.05, 0.1) is 11.4 Å². The van der Waals surface area contributed by atoms with Gasteiger partial charge in [0.1, 0.15) is 12.1 Å². The molecule has 0 aromatic heterocycles. The number of hydrogen-bond acceptors (Lipinski definition) is 6. The van der Waals surface area contributed by atoms with Crippen LogP contribution in [-0.2, 0) is 14.3 Å². The Morgan fingerprint density at radius 1 is 1.48 bits per heavy atom. The van der Waals surface area contributed by atoms with E-state index in [9.17, 15) is 9.59 Å². The lowest BCUT2D eigenvalue weighted by molar-refractivity contribution is -0.152. The highest BCUT2D eigenvalue weighted by Gasteiger charge is 2.23. The van der Waals surface area contributed by atoms with Gasteiger partial charge in [-0.15, -0.1) is 0 Å². The summed E-state index contributed by atoms with van der Waals surface area (Å²) < 4.78 is 5.19. The Labute approximate surface area is 125 Å². The number of rotatable bonds is 3. The number of ketones is 1. The minimum absolute atomic E-state index is 0.00344. The van der Waals surface area contributed by atoms with Crippen LogP contribution in [0.15, 0.2) is 21.3 Å². The van der Waals surface area contributed by atoms with Gasteiger partial charge in [0, 0.05) is 31.2 Å². The highest BCUT2D eigenvalue weighted by molar-refractivity contribution is 6.40. The Morgan fingerprint density at radius 2 is 2.10 bits per heavy atom. The van der Waals surface area contributed by atoms with Gasteiger partial charge < -0.3 is 10.5 Å². The van der Waals surface area contributed by atoms with E-state index < -0.39 is 11.6 Å². The maximum Gasteiger partial charge on any atom is 0.328 e. The second-order valence-corrected chi connectivity index (χ2v) is 6.07. The average molecular weight is 293 g/mol. The Morgan fingerprint density at radius 3 is 2.62 bits per heavy atom. The summed E-state index contributed by atoms with van der Waals surface area (Å²) in [7, 11) is 0. The van der Waals surface area contributed by atoms with Gasteiger partial charge in [-0.3, -0.25) is 19.6 Å². The maximum atomic E-state index is 11.7. The molecule has 0 aliphatic carbocycles. The third-order valence-electron chi connectivity index (χ3n) is 2.83. The standard InChI is InChI=1S/C15H23N3O3/c1-9-6-17-7-11(13(9)14(16)10(2)19)18-8-12(20)21-15(3,4)5/h7,9H,6,8,16H2,1-5H3/b14-13-,18-11?. The number of nitrogens with two attached hydrogens (primary N) is 1.